The molecule has 2 heterocycles. The van der Waals surface area contributed by atoms with Crippen LogP contribution in [-0.4, -0.2) is 34.2 Å². The molecule has 0 saturated heterocycles. The Morgan fingerprint density at radius 2 is 1.47 bits per heavy atom. The van der Waals surface area contributed by atoms with E-state index in [1.165, 1.54) is 0 Å². The SMILES string of the molecule is COc1ccc(OC(=O)N2CCc3c(nc(C)n(C(c4ccccc4)c4ccccc4)c3=O)C2)cc1. The molecule has 7 heteroatoms. The second-order valence-corrected chi connectivity index (χ2v) is 8.70. The number of carbonyl (C=O) groups excluding carboxylic acids is 1. The van der Waals surface area contributed by atoms with Gasteiger partial charge in [-0.3, -0.25) is 9.36 Å². The third kappa shape index (κ3) is 4.60. The Bertz CT molecular complexity index is 1380. The summed E-state index contributed by atoms with van der Waals surface area (Å²) in [5.41, 5.74) is 3.21. The van der Waals surface area contributed by atoms with Gasteiger partial charge in [-0.2, -0.15) is 0 Å². The molecule has 1 aromatic heterocycles. The van der Waals surface area contributed by atoms with Gasteiger partial charge in [0.1, 0.15) is 17.3 Å². The number of carbonyl (C=O) groups is 1. The highest BCUT2D eigenvalue weighted by atomic mass is 16.6. The number of methoxy groups -OCH3 is 1. The van der Waals surface area contributed by atoms with Gasteiger partial charge >= 0.3 is 6.09 Å². The lowest BCUT2D eigenvalue weighted by atomic mass is 9.97. The Kier molecular flexibility index (Phi) is 6.54. The highest BCUT2D eigenvalue weighted by molar-refractivity contribution is 5.71. The van der Waals surface area contributed by atoms with Crippen LogP contribution in [0.5, 0.6) is 11.5 Å². The molecule has 0 aliphatic carbocycles. The summed E-state index contributed by atoms with van der Waals surface area (Å²) >= 11 is 0. The fourth-order valence-corrected chi connectivity index (χ4v) is 4.65. The molecule has 0 radical (unpaired) electrons. The van der Waals surface area contributed by atoms with Crippen LogP contribution in [0.1, 0.15) is 34.3 Å². The van der Waals surface area contributed by atoms with Gasteiger partial charge in [0.2, 0.25) is 0 Å². The first-order valence-electron chi connectivity index (χ1n) is 11.9. The van der Waals surface area contributed by atoms with Gasteiger partial charge in [-0.1, -0.05) is 60.7 Å². The highest BCUT2D eigenvalue weighted by Gasteiger charge is 2.29. The number of hydrogen-bond acceptors (Lipinski definition) is 5. The van der Waals surface area contributed by atoms with Gasteiger partial charge in [-0.05, 0) is 48.7 Å². The van der Waals surface area contributed by atoms with Gasteiger partial charge in [-0.15, -0.1) is 0 Å². The Morgan fingerprint density at radius 3 is 2.06 bits per heavy atom. The Morgan fingerprint density at radius 1 is 0.889 bits per heavy atom. The minimum absolute atomic E-state index is 0.0709. The maximum Gasteiger partial charge on any atom is 0.415 e. The molecule has 0 bridgehead atoms. The van der Waals surface area contributed by atoms with Crippen molar-refractivity contribution in [3.05, 3.63) is 123 Å². The molecule has 5 rings (SSSR count). The van der Waals surface area contributed by atoms with Crippen molar-refractivity contribution in [2.75, 3.05) is 13.7 Å². The van der Waals surface area contributed by atoms with E-state index in [-0.39, 0.29) is 18.1 Å². The van der Waals surface area contributed by atoms with Crippen LogP contribution < -0.4 is 15.0 Å². The van der Waals surface area contributed by atoms with E-state index in [2.05, 4.69) is 0 Å². The monoisotopic (exact) mass is 481 g/mol. The lowest BCUT2D eigenvalue weighted by molar-refractivity contribution is 0.145. The first-order chi connectivity index (χ1) is 17.5. The number of hydrogen-bond donors (Lipinski definition) is 0. The predicted octanol–water partition coefficient (Wildman–Crippen LogP) is 4.76. The lowest BCUT2D eigenvalue weighted by Crippen LogP contribution is -2.43. The predicted molar refractivity (Wildman–Crippen MR) is 136 cm³/mol. The smallest absolute Gasteiger partial charge is 0.415 e. The average Bonchev–Trinajstić information content (AvgIpc) is 2.92. The molecule has 7 nitrogen and oxygen atoms in total. The first-order valence-corrected chi connectivity index (χ1v) is 11.9. The quantitative estimate of drug-likeness (QED) is 0.411. The van der Waals surface area contributed by atoms with Gasteiger partial charge < -0.3 is 14.4 Å². The van der Waals surface area contributed by atoms with Crippen LogP contribution >= 0.6 is 0 Å². The van der Waals surface area contributed by atoms with Gasteiger partial charge in [0.05, 0.1) is 25.4 Å². The Balaban J connectivity index is 1.45. The third-order valence-electron chi connectivity index (χ3n) is 6.45. The summed E-state index contributed by atoms with van der Waals surface area (Å²) in [7, 11) is 1.58. The van der Waals surface area contributed by atoms with E-state index < -0.39 is 6.09 Å². The molecule has 0 unspecified atom stereocenters. The summed E-state index contributed by atoms with van der Waals surface area (Å²) < 4.78 is 12.4. The number of fused-ring (bicyclic) bond motifs is 1. The fraction of sp³-hybridized carbons (Fsp3) is 0.207. The van der Waals surface area contributed by atoms with Crippen molar-refractivity contribution < 1.29 is 14.3 Å². The van der Waals surface area contributed by atoms with E-state index in [9.17, 15) is 9.59 Å². The molecule has 0 fully saturated rings. The minimum Gasteiger partial charge on any atom is -0.497 e. The summed E-state index contributed by atoms with van der Waals surface area (Å²) in [5.74, 6) is 1.71. The first kappa shape index (κ1) is 23.4. The maximum absolute atomic E-state index is 13.8. The van der Waals surface area contributed by atoms with Gasteiger partial charge in [0, 0.05) is 12.1 Å². The second-order valence-electron chi connectivity index (χ2n) is 8.70. The lowest BCUT2D eigenvalue weighted by Gasteiger charge is -2.30. The number of nitrogens with zero attached hydrogens (tertiary/aromatic N) is 3. The number of amides is 1. The highest BCUT2D eigenvalue weighted by Crippen LogP contribution is 2.27. The number of benzene rings is 3. The largest absolute Gasteiger partial charge is 0.497 e. The van der Waals surface area contributed by atoms with Gasteiger partial charge in [-0.25, -0.2) is 9.78 Å². The van der Waals surface area contributed by atoms with Crippen LogP contribution in [-0.2, 0) is 13.0 Å². The zero-order valence-corrected chi connectivity index (χ0v) is 20.3. The molecule has 0 atom stereocenters. The fourth-order valence-electron chi connectivity index (χ4n) is 4.65. The van der Waals surface area contributed by atoms with E-state index in [4.69, 9.17) is 14.5 Å². The zero-order valence-electron chi connectivity index (χ0n) is 20.3. The number of ether oxygens (including phenoxy) is 2. The molecule has 3 aromatic carbocycles. The van der Waals surface area contributed by atoms with E-state index in [1.807, 2.05) is 67.6 Å². The van der Waals surface area contributed by atoms with Crippen molar-refractivity contribution in [3.8, 4) is 11.5 Å². The van der Waals surface area contributed by atoms with Crippen molar-refractivity contribution in [1.29, 1.82) is 0 Å². The molecule has 182 valence electrons. The number of aryl methyl sites for hydroxylation is 1. The minimum atomic E-state index is -0.471. The van der Waals surface area contributed by atoms with Crippen molar-refractivity contribution in [3.63, 3.8) is 0 Å². The molecular weight excluding hydrogens is 454 g/mol. The summed E-state index contributed by atoms with van der Waals surface area (Å²) in [5, 5.41) is 0. The van der Waals surface area contributed by atoms with Crippen LogP contribution in [0.4, 0.5) is 4.79 Å². The van der Waals surface area contributed by atoms with Crippen LogP contribution in [0.15, 0.2) is 89.7 Å². The molecule has 1 aliphatic rings. The third-order valence-corrected chi connectivity index (χ3v) is 6.45. The maximum atomic E-state index is 13.8. The van der Waals surface area contributed by atoms with E-state index >= 15 is 0 Å². The van der Waals surface area contributed by atoms with Crippen molar-refractivity contribution in [1.82, 2.24) is 14.5 Å². The van der Waals surface area contributed by atoms with E-state index in [0.717, 1.165) is 11.1 Å². The summed E-state index contributed by atoms with van der Waals surface area (Å²) in [4.78, 5) is 33.0. The summed E-state index contributed by atoms with van der Waals surface area (Å²) in [6.07, 6.45) is -0.0592. The van der Waals surface area contributed by atoms with Crippen molar-refractivity contribution >= 4 is 6.09 Å². The molecule has 36 heavy (non-hydrogen) atoms. The van der Waals surface area contributed by atoms with Crippen LogP contribution in [0.2, 0.25) is 0 Å². The van der Waals surface area contributed by atoms with Crippen LogP contribution in [0.3, 0.4) is 0 Å². The summed E-state index contributed by atoms with van der Waals surface area (Å²) in [6.45, 7) is 2.45. The van der Waals surface area contributed by atoms with Gasteiger partial charge in [0.15, 0.2) is 0 Å². The van der Waals surface area contributed by atoms with Gasteiger partial charge in [0.25, 0.3) is 5.56 Å². The van der Waals surface area contributed by atoms with Crippen LogP contribution in [0, 0.1) is 6.92 Å². The average molecular weight is 482 g/mol. The molecule has 4 aromatic rings. The Labute approximate surface area is 209 Å². The number of rotatable bonds is 5. The number of aromatic nitrogens is 2. The topological polar surface area (TPSA) is 73.7 Å². The molecule has 1 aliphatic heterocycles. The molecule has 0 saturated carbocycles. The van der Waals surface area contributed by atoms with E-state index in [1.54, 1.807) is 40.8 Å². The molecule has 0 N–H and O–H groups in total. The van der Waals surface area contributed by atoms with E-state index in [0.29, 0.717) is 41.5 Å². The normalized spacial score (nSPS) is 12.8. The summed E-state index contributed by atoms with van der Waals surface area (Å²) in [6, 6.07) is 26.5. The molecular formula is C29H27N3O4. The standard InChI is InChI=1S/C29H27N3O4/c1-20-30-26-19-31(29(34)36-24-15-13-23(35-2)14-16-24)18-17-25(26)28(33)32(20)27(21-9-5-3-6-10-21)22-11-7-4-8-12-22/h3-16,27H,17-19H2,1-2H3. The Hall–Kier alpha value is -4.39. The van der Waals surface area contributed by atoms with Crippen LogP contribution in [0.25, 0.3) is 0 Å². The molecule has 1 amide bonds. The zero-order chi connectivity index (χ0) is 25.1. The molecule has 0 spiro atoms. The van der Waals surface area contributed by atoms with Crippen molar-refractivity contribution in [2.45, 2.75) is 25.9 Å². The second kappa shape index (κ2) is 10.1. The van der Waals surface area contributed by atoms with Crippen molar-refractivity contribution in [2.24, 2.45) is 0 Å².